The minimum absolute atomic E-state index is 0.766. The van der Waals surface area contributed by atoms with Gasteiger partial charge in [0.25, 0.3) is 5.01 Å². The van der Waals surface area contributed by atoms with Crippen LogP contribution in [0.25, 0.3) is 16.3 Å². The zero-order chi connectivity index (χ0) is 36.1. The van der Waals surface area contributed by atoms with E-state index in [-0.39, 0.29) is 0 Å². The summed E-state index contributed by atoms with van der Waals surface area (Å²) in [5.74, 6) is 0. The summed E-state index contributed by atoms with van der Waals surface area (Å²) < 4.78 is 36.3. The maximum Gasteiger partial charge on any atom is 0.262 e. The van der Waals surface area contributed by atoms with Crippen LogP contribution in [0.4, 0.5) is 17.1 Å². The molecule has 1 aromatic heterocycles. The summed E-state index contributed by atoms with van der Waals surface area (Å²) in [6, 6.07) is 33.8. The van der Waals surface area contributed by atoms with Gasteiger partial charge in [-0.3, -0.25) is 0 Å². The number of nitrogens with zero attached hydrogens (tertiary/aromatic N) is 3. The molecule has 0 spiro atoms. The maximum absolute atomic E-state index is 8.60. The summed E-state index contributed by atoms with van der Waals surface area (Å²) in [7, 11) is -4.69. The van der Waals surface area contributed by atoms with Crippen LogP contribution in [0.2, 0.25) is 10.0 Å². The van der Waals surface area contributed by atoms with Crippen molar-refractivity contribution >= 4 is 79.7 Å². The molecule has 1 N–H and O–H groups in total. The van der Waals surface area contributed by atoms with E-state index in [4.69, 9.17) is 41.8 Å². The first kappa shape index (κ1) is 37.2. The molecule has 0 radical (unpaired) electrons. The highest BCUT2D eigenvalue weighted by Gasteiger charge is 2.28. The molecule has 0 amide bonds. The number of allylic oxidation sites excluding steroid dienone is 5. The Kier molecular flexibility index (Phi) is 11.9. The van der Waals surface area contributed by atoms with Gasteiger partial charge in [0.15, 0.2) is 0 Å². The van der Waals surface area contributed by atoms with E-state index in [0.29, 0.717) is 0 Å². The number of aryl methyl sites for hydroxylation is 1. The summed E-state index contributed by atoms with van der Waals surface area (Å²) in [6.45, 7) is 6.14. The quantitative estimate of drug-likeness (QED) is 0.161. The van der Waals surface area contributed by atoms with Crippen LogP contribution in [0.3, 0.4) is 0 Å². The third-order valence-electron chi connectivity index (χ3n) is 8.40. The van der Waals surface area contributed by atoms with E-state index in [1.807, 2.05) is 35.2 Å². The van der Waals surface area contributed by atoms with Gasteiger partial charge in [-0.15, -0.1) is 0 Å². The molecule has 7 rings (SSSR count). The number of thiazole rings is 1. The molecule has 0 saturated heterocycles. The fourth-order valence-electron chi connectivity index (χ4n) is 6.28. The van der Waals surface area contributed by atoms with E-state index in [1.54, 1.807) is 0 Å². The lowest BCUT2D eigenvalue weighted by Crippen LogP contribution is -2.58. The van der Waals surface area contributed by atoms with Crippen molar-refractivity contribution in [2.45, 2.75) is 38.1 Å². The molecule has 0 saturated carbocycles. The van der Waals surface area contributed by atoms with Gasteiger partial charge in [-0.05, 0) is 105 Å². The zero-order valence-electron chi connectivity index (χ0n) is 27.8. The Balaban J connectivity index is 0.000000839. The standard InChI is InChI=1S/C39H34Cl2N3S2.ClHO4/c1-3-42-33-25-29(40)19-21-35(33)45-37(42)23-17-27-15-16-28(18-24-38-43(4-2)34-26-30(41)20-22-36(34)46-38)39(27)44(31-11-7-5-8-12-31)32-13-9-6-10-14-32;2-1(3,4)5/h5-14,17-26H,3-4,15-16H2,1-2H3;(H,2,3,4,5)/q+1;. The first-order chi connectivity index (χ1) is 24.5. The third-order valence-corrected chi connectivity index (χ3v) is 11.1. The van der Waals surface area contributed by atoms with Crippen LogP contribution in [0, 0.1) is 10.2 Å². The van der Waals surface area contributed by atoms with E-state index in [2.05, 4.69) is 137 Å². The maximum atomic E-state index is 8.60. The van der Waals surface area contributed by atoms with Crippen molar-refractivity contribution < 1.29 is 33.4 Å². The molecule has 2 aliphatic rings. The minimum Gasteiger partial charge on any atom is -0.335 e. The number of benzene rings is 4. The van der Waals surface area contributed by atoms with Crippen molar-refractivity contribution in [3.63, 3.8) is 0 Å². The van der Waals surface area contributed by atoms with Gasteiger partial charge in [0.2, 0.25) is 5.52 Å². The van der Waals surface area contributed by atoms with Crippen molar-refractivity contribution in [2.75, 3.05) is 16.3 Å². The molecule has 51 heavy (non-hydrogen) atoms. The zero-order valence-corrected chi connectivity index (χ0v) is 31.7. The van der Waals surface area contributed by atoms with Crippen molar-refractivity contribution in [3.05, 3.63) is 152 Å². The first-order valence-electron chi connectivity index (χ1n) is 16.3. The Morgan fingerprint density at radius 3 is 2.10 bits per heavy atom. The molecule has 262 valence electrons. The smallest absolute Gasteiger partial charge is 0.262 e. The number of fused-ring (bicyclic) bond motifs is 2. The van der Waals surface area contributed by atoms with E-state index in [9.17, 15) is 0 Å². The van der Waals surface area contributed by atoms with Crippen LogP contribution in [0.5, 0.6) is 0 Å². The van der Waals surface area contributed by atoms with Gasteiger partial charge >= 0.3 is 0 Å². The van der Waals surface area contributed by atoms with Gasteiger partial charge in [0.1, 0.15) is 11.2 Å². The highest BCUT2D eigenvalue weighted by atomic mass is 35.7. The predicted molar refractivity (Wildman–Crippen MR) is 202 cm³/mol. The Labute approximate surface area is 318 Å². The summed E-state index contributed by atoms with van der Waals surface area (Å²) >= 11 is 16.4. The third kappa shape index (κ3) is 8.89. The highest BCUT2D eigenvalue weighted by molar-refractivity contribution is 8.03. The van der Waals surface area contributed by atoms with Gasteiger partial charge in [0, 0.05) is 45.0 Å². The van der Waals surface area contributed by atoms with Crippen LogP contribution in [-0.2, 0) is 6.54 Å². The number of rotatable bonds is 8. The average molecular weight is 780 g/mol. The number of thioether (sulfide) groups is 1. The van der Waals surface area contributed by atoms with Gasteiger partial charge in [-0.2, -0.15) is 18.5 Å². The monoisotopic (exact) mass is 778 g/mol. The first-order valence-corrected chi connectivity index (χ1v) is 19.9. The van der Waals surface area contributed by atoms with E-state index in [1.165, 1.54) is 47.7 Å². The molecule has 4 aromatic carbocycles. The molecule has 0 fully saturated rings. The summed E-state index contributed by atoms with van der Waals surface area (Å²) in [5, 5.41) is 3.97. The molecular formula is C39H35Cl3N3O4S2+. The highest BCUT2D eigenvalue weighted by Crippen LogP contribution is 2.47. The van der Waals surface area contributed by atoms with Gasteiger partial charge in [0.05, 0.1) is 31.3 Å². The largest absolute Gasteiger partial charge is 0.335 e. The SMILES string of the molecule is CCN1/C(=C\C=C2/CCC(/C=C/c3sc4ccc(Cl)cc4[n+]3CC)=C2N(c2ccccc2)c2ccccc2)Sc2ccc(Cl)cc21.[O-][Cl+3]([O-])([O-])O. The Hall–Kier alpha value is -3.61. The number of halogens is 3. The number of anilines is 3. The van der Waals surface area contributed by atoms with Crippen LogP contribution in [-0.4, -0.2) is 11.2 Å². The topological polar surface area (TPSA) is 99.8 Å². The second-order valence-corrected chi connectivity index (χ2v) is 15.4. The number of hydrogen-bond donors (Lipinski definition) is 1. The Morgan fingerprint density at radius 2 is 1.47 bits per heavy atom. The van der Waals surface area contributed by atoms with E-state index >= 15 is 0 Å². The van der Waals surface area contributed by atoms with E-state index in [0.717, 1.165) is 47.4 Å². The summed E-state index contributed by atoms with van der Waals surface area (Å²) in [6.07, 6.45) is 11.2. The van der Waals surface area contributed by atoms with Gasteiger partial charge in [-0.25, -0.2) is 0 Å². The molecule has 12 heteroatoms. The lowest BCUT2D eigenvalue weighted by atomic mass is 10.1. The predicted octanol–water partition coefficient (Wildman–Crippen LogP) is 7.69. The Morgan fingerprint density at radius 1 is 0.843 bits per heavy atom. The summed E-state index contributed by atoms with van der Waals surface area (Å²) in [5.41, 5.74) is 8.52. The lowest BCUT2D eigenvalue weighted by Gasteiger charge is -2.28. The molecule has 7 nitrogen and oxygen atoms in total. The van der Waals surface area contributed by atoms with E-state index < -0.39 is 10.2 Å². The second kappa shape index (κ2) is 16.4. The van der Waals surface area contributed by atoms with Crippen molar-refractivity contribution in [2.24, 2.45) is 0 Å². The van der Waals surface area contributed by atoms with Crippen LogP contribution < -0.4 is 28.3 Å². The lowest BCUT2D eigenvalue weighted by molar-refractivity contribution is -1.92. The molecule has 2 heterocycles. The van der Waals surface area contributed by atoms with Crippen LogP contribution >= 0.6 is 46.3 Å². The normalized spacial score (nSPS) is 16.0. The van der Waals surface area contributed by atoms with Gasteiger partial charge in [-0.1, -0.05) is 88.8 Å². The molecular weight excluding hydrogens is 745 g/mol. The number of hydrogen-bond acceptors (Lipinski definition) is 8. The molecule has 0 bridgehead atoms. The van der Waals surface area contributed by atoms with Gasteiger partial charge < -0.3 is 9.80 Å². The average Bonchev–Trinajstić information content (AvgIpc) is 3.78. The fraction of sp³-hybridized carbons (Fsp3) is 0.154. The van der Waals surface area contributed by atoms with Crippen LogP contribution in [0.1, 0.15) is 31.7 Å². The Bertz CT molecular complexity index is 2100. The van der Waals surface area contributed by atoms with Crippen LogP contribution in [0.15, 0.2) is 142 Å². The minimum atomic E-state index is -4.69. The number of aromatic nitrogens is 1. The molecule has 1 aliphatic carbocycles. The fourth-order valence-corrected chi connectivity index (χ4v) is 8.83. The second-order valence-electron chi connectivity index (χ2n) is 11.6. The van der Waals surface area contributed by atoms with Crippen molar-refractivity contribution in [3.8, 4) is 0 Å². The molecule has 1 aliphatic heterocycles. The van der Waals surface area contributed by atoms with Crippen molar-refractivity contribution in [1.29, 1.82) is 0 Å². The molecule has 5 aromatic rings. The van der Waals surface area contributed by atoms with Crippen molar-refractivity contribution in [1.82, 2.24) is 0 Å². The molecule has 0 unspecified atom stereocenters. The molecule has 0 atom stereocenters. The summed E-state index contributed by atoms with van der Waals surface area (Å²) in [4.78, 5) is 6.01. The number of para-hydroxylation sites is 2.